The summed E-state index contributed by atoms with van der Waals surface area (Å²) in [5, 5.41) is 0. The van der Waals surface area contributed by atoms with Gasteiger partial charge in [-0.15, -0.1) is 0 Å². The molecule has 1 fully saturated rings. The van der Waals surface area contributed by atoms with Crippen LogP contribution < -0.4 is 0 Å². The van der Waals surface area contributed by atoms with Crippen LogP contribution in [0.2, 0.25) is 0 Å². The van der Waals surface area contributed by atoms with E-state index in [1.165, 1.54) is 0 Å². The predicted molar refractivity (Wildman–Crippen MR) is 56.4 cm³/mol. The Morgan fingerprint density at radius 3 is 2.57 bits per heavy atom. The highest BCUT2D eigenvalue weighted by Gasteiger charge is 2.17. The first-order chi connectivity index (χ1) is 6.72. The van der Waals surface area contributed by atoms with Gasteiger partial charge in [0.1, 0.15) is 5.78 Å². The lowest BCUT2D eigenvalue weighted by Crippen LogP contribution is -2.37. The second kappa shape index (κ2) is 6.14. The molecule has 0 aromatic heterocycles. The Bertz CT molecular complexity index is 174. The molecule has 0 atom stereocenters. The average molecular weight is 199 g/mol. The third-order valence-electron chi connectivity index (χ3n) is 2.87. The van der Waals surface area contributed by atoms with Crippen molar-refractivity contribution in [3.8, 4) is 0 Å². The Balaban J connectivity index is 2.07. The van der Waals surface area contributed by atoms with Crippen molar-refractivity contribution in [1.82, 2.24) is 4.90 Å². The van der Waals surface area contributed by atoms with Gasteiger partial charge in [0.15, 0.2) is 0 Å². The van der Waals surface area contributed by atoms with E-state index in [-0.39, 0.29) is 0 Å². The Labute approximate surface area is 86.4 Å². The van der Waals surface area contributed by atoms with Crippen molar-refractivity contribution in [3.63, 3.8) is 0 Å². The zero-order valence-electron chi connectivity index (χ0n) is 9.29. The van der Waals surface area contributed by atoms with Gasteiger partial charge in [-0.2, -0.15) is 0 Å². The maximum Gasteiger partial charge on any atom is 0.129 e. The number of methoxy groups -OCH3 is 1. The first-order valence-corrected chi connectivity index (χ1v) is 5.47. The molecular weight excluding hydrogens is 178 g/mol. The van der Waals surface area contributed by atoms with Gasteiger partial charge >= 0.3 is 0 Å². The van der Waals surface area contributed by atoms with Crippen molar-refractivity contribution in [2.24, 2.45) is 0 Å². The fourth-order valence-corrected chi connectivity index (χ4v) is 1.92. The van der Waals surface area contributed by atoms with Crippen molar-refractivity contribution in [1.29, 1.82) is 0 Å². The van der Waals surface area contributed by atoms with Crippen molar-refractivity contribution in [2.45, 2.75) is 38.7 Å². The molecule has 1 saturated heterocycles. The second-order valence-corrected chi connectivity index (χ2v) is 4.08. The minimum atomic E-state index is 0.303. The van der Waals surface area contributed by atoms with Crippen molar-refractivity contribution in [2.75, 3.05) is 26.7 Å². The molecule has 14 heavy (non-hydrogen) atoms. The summed E-state index contributed by atoms with van der Waals surface area (Å²) in [5.74, 6) is 0.303. The number of likely N-dealkylation sites (tertiary alicyclic amines) is 1. The highest BCUT2D eigenvalue weighted by atomic mass is 16.5. The fraction of sp³-hybridized carbons (Fsp3) is 0.909. The number of carbonyl (C=O) groups excluding carboxylic acids is 1. The van der Waals surface area contributed by atoms with Crippen LogP contribution >= 0.6 is 0 Å². The summed E-state index contributed by atoms with van der Waals surface area (Å²) in [4.78, 5) is 13.2. The molecule has 1 heterocycles. The van der Waals surface area contributed by atoms with Gasteiger partial charge in [0, 0.05) is 26.6 Å². The van der Waals surface area contributed by atoms with Gasteiger partial charge in [-0.05, 0) is 32.7 Å². The van der Waals surface area contributed by atoms with E-state index < -0.39 is 0 Å². The zero-order chi connectivity index (χ0) is 10.4. The first-order valence-electron chi connectivity index (χ1n) is 5.47. The third-order valence-corrected chi connectivity index (χ3v) is 2.87. The quantitative estimate of drug-likeness (QED) is 0.671. The summed E-state index contributed by atoms with van der Waals surface area (Å²) < 4.78 is 5.30. The molecule has 0 aromatic rings. The molecule has 1 aliphatic rings. The summed E-state index contributed by atoms with van der Waals surface area (Å²) in [6.07, 6.45) is 4.46. The molecular formula is C11H21NO2. The van der Waals surface area contributed by atoms with E-state index in [0.29, 0.717) is 11.9 Å². The standard InChI is InChI=1S/C11H21NO2/c1-10(13)4-3-7-12-8-5-11(14-2)6-9-12/h11H,3-9H2,1-2H3. The maximum atomic E-state index is 10.7. The molecule has 0 spiro atoms. The molecule has 0 bridgehead atoms. The molecule has 1 aliphatic heterocycles. The molecule has 0 unspecified atom stereocenters. The number of Topliss-reactive ketones (excluding diaryl/α,β-unsaturated/α-hetero) is 1. The molecule has 0 radical (unpaired) electrons. The van der Waals surface area contributed by atoms with Crippen LogP contribution in [0, 0.1) is 0 Å². The SMILES string of the molecule is COC1CCN(CCCC(C)=O)CC1. The highest BCUT2D eigenvalue weighted by molar-refractivity contribution is 5.75. The van der Waals surface area contributed by atoms with E-state index in [1.54, 1.807) is 14.0 Å². The van der Waals surface area contributed by atoms with Crippen LogP contribution in [0.4, 0.5) is 0 Å². The van der Waals surface area contributed by atoms with E-state index in [1.807, 2.05) is 0 Å². The lowest BCUT2D eigenvalue weighted by molar-refractivity contribution is -0.117. The molecule has 3 nitrogen and oxygen atoms in total. The number of carbonyl (C=O) groups is 1. The van der Waals surface area contributed by atoms with Crippen molar-refractivity contribution in [3.05, 3.63) is 0 Å². The number of hydrogen-bond donors (Lipinski definition) is 0. The Hall–Kier alpha value is -0.410. The monoisotopic (exact) mass is 199 g/mol. The van der Waals surface area contributed by atoms with E-state index in [2.05, 4.69) is 4.90 Å². The molecule has 0 amide bonds. The van der Waals surface area contributed by atoms with Crippen molar-refractivity contribution < 1.29 is 9.53 Å². The van der Waals surface area contributed by atoms with Gasteiger partial charge in [-0.3, -0.25) is 0 Å². The third kappa shape index (κ3) is 4.20. The van der Waals surface area contributed by atoms with Crippen molar-refractivity contribution >= 4 is 5.78 Å². The van der Waals surface area contributed by atoms with E-state index in [9.17, 15) is 4.79 Å². The number of hydrogen-bond acceptors (Lipinski definition) is 3. The van der Waals surface area contributed by atoms with Gasteiger partial charge in [0.25, 0.3) is 0 Å². The zero-order valence-corrected chi connectivity index (χ0v) is 9.29. The van der Waals surface area contributed by atoms with Crippen LogP contribution in [0.1, 0.15) is 32.6 Å². The summed E-state index contributed by atoms with van der Waals surface area (Å²) in [7, 11) is 1.79. The van der Waals surface area contributed by atoms with Gasteiger partial charge in [0.2, 0.25) is 0 Å². The molecule has 1 rings (SSSR count). The number of piperidine rings is 1. The maximum absolute atomic E-state index is 10.7. The summed E-state index contributed by atoms with van der Waals surface area (Å²) >= 11 is 0. The first kappa shape index (κ1) is 11.7. The lowest BCUT2D eigenvalue weighted by atomic mass is 10.1. The van der Waals surface area contributed by atoms with Crippen LogP contribution in [0.25, 0.3) is 0 Å². The van der Waals surface area contributed by atoms with Gasteiger partial charge in [-0.1, -0.05) is 0 Å². The summed E-state index contributed by atoms with van der Waals surface area (Å²) in [6.45, 7) is 4.97. The Morgan fingerprint density at radius 1 is 1.43 bits per heavy atom. The summed E-state index contributed by atoms with van der Waals surface area (Å²) in [6, 6.07) is 0. The normalized spacial score (nSPS) is 19.9. The minimum absolute atomic E-state index is 0.303. The topological polar surface area (TPSA) is 29.5 Å². The van der Waals surface area contributed by atoms with E-state index in [4.69, 9.17) is 4.74 Å². The summed E-state index contributed by atoms with van der Waals surface area (Å²) in [5.41, 5.74) is 0. The number of nitrogens with zero attached hydrogens (tertiary/aromatic N) is 1. The smallest absolute Gasteiger partial charge is 0.129 e. The number of ketones is 1. The lowest BCUT2D eigenvalue weighted by Gasteiger charge is -2.30. The molecule has 82 valence electrons. The van der Waals surface area contributed by atoms with Crippen LogP contribution in [-0.4, -0.2) is 43.5 Å². The molecule has 0 N–H and O–H groups in total. The molecule has 3 heteroatoms. The second-order valence-electron chi connectivity index (χ2n) is 4.08. The number of ether oxygens (including phenoxy) is 1. The largest absolute Gasteiger partial charge is 0.381 e. The van der Waals surface area contributed by atoms with E-state index in [0.717, 1.165) is 45.3 Å². The number of rotatable bonds is 5. The predicted octanol–water partition coefficient (Wildman–Crippen LogP) is 1.47. The van der Waals surface area contributed by atoms with Crippen LogP contribution in [-0.2, 0) is 9.53 Å². The van der Waals surface area contributed by atoms with Gasteiger partial charge in [-0.25, -0.2) is 0 Å². The Morgan fingerprint density at radius 2 is 2.07 bits per heavy atom. The molecule has 0 aliphatic carbocycles. The van der Waals surface area contributed by atoms with Gasteiger partial charge in [0.05, 0.1) is 6.10 Å². The molecule has 0 aromatic carbocycles. The van der Waals surface area contributed by atoms with Crippen LogP contribution in [0.3, 0.4) is 0 Å². The van der Waals surface area contributed by atoms with Crippen LogP contribution in [0.15, 0.2) is 0 Å². The minimum Gasteiger partial charge on any atom is -0.381 e. The average Bonchev–Trinajstić information content (AvgIpc) is 2.18. The van der Waals surface area contributed by atoms with E-state index >= 15 is 0 Å². The van der Waals surface area contributed by atoms with Gasteiger partial charge < -0.3 is 14.4 Å². The van der Waals surface area contributed by atoms with Crippen LogP contribution in [0.5, 0.6) is 0 Å². The fourth-order valence-electron chi connectivity index (χ4n) is 1.92. The molecule has 0 saturated carbocycles. The Kier molecular flexibility index (Phi) is 5.12. The highest BCUT2D eigenvalue weighted by Crippen LogP contribution is 2.13.